The Hall–Kier alpha value is -2.66. The molecule has 4 aromatic rings. The molecule has 6 nitrogen and oxygen atoms in total. The Morgan fingerprint density at radius 1 is 1.11 bits per heavy atom. The maximum atomic E-state index is 12.7. The summed E-state index contributed by atoms with van der Waals surface area (Å²) in [5.74, 6) is -1.27. The van der Waals surface area contributed by atoms with Crippen molar-refractivity contribution in [3.8, 4) is 11.3 Å². The summed E-state index contributed by atoms with van der Waals surface area (Å²) >= 11 is 13.5. The fourth-order valence-electron chi connectivity index (χ4n) is 4.81. The van der Waals surface area contributed by atoms with E-state index in [0.29, 0.717) is 43.6 Å². The first-order chi connectivity index (χ1) is 17.5. The van der Waals surface area contributed by atoms with E-state index in [2.05, 4.69) is 9.97 Å². The molecule has 2 heterocycles. The molecule has 37 heavy (non-hydrogen) atoms. The highest BCUT2D eigenvalue weighted by Gasteiger charge is 2.29. The second kappa shape index (κ2) is 9.58. The van der Waals surface area contributed by atoms with Gasteiger partial charge in [0.2, 0.25) is 0 Å². The van der Waals surface area contributed by atoms with Gasteiger partial charge in [0.1, 0.15) is 12.7 Å². The average Bonchev–Trinajstić information content (AvgIpc) is 3.60. The summed E-state index contributed by atoms with van der Waals surface area (Å²) in [4.78, 5) is 21.1. The molecule has 0 bridgehead atoms. The Morgan fingerprint density at radius 3 is 2.49 bits per heavy atom. The number of aromatic nitrogens is 3. The maximum Gasteiger partial charge on any atom is 0.310 e. The van der Waals surface area contributed by atoms with Crippen LogP contribution in [-0.4, -0.2) is 38.9 Å². The number of aliphatic carboxylic acids is 1. The Labute approximate surface area is 226 Å². The molecule has 1 aliphatic carbocycles. The Kier molecular flexibility index (Phi) is 6.72. The van der Waals surface area contributed by atoms with E-state index in [-0.39, 0.29) is 6.04 Å². The van der Waals surface area contributed by atoms with Gasteiger partial charge in [0.05, 0.1) is 40.7 Å². The molecule has 2 aromatic carbocycles. The molecule has 1 saturated carbocycles. The number of nitrogens with zero attached hydrogens (tertiary/aromatic N) is 3. The standard InChI is InChI=1S/C28H28Cl2N3O3P/c1-15(28(34)35)21-11-18(37(3,4)36)7-8-20(21)23-12-25-24(13-31-23)32-14-33(25)16(2)26-22(29)10-9-19(27(26)30)17-5-6-17/h7-17H,5-6H2,1-4H3,(H,34,35)/t15?,16-/m1/s1. The minimum atomic E-state index is -2.58. The van der Waals surface area contributed by atoms with Crippen LogP contribution in [0.3, 0.4) is 0 Å². The van der Waals surface area contributed by atoms with Crippen LogP contribution in [0.2, 0.25) is 10.0 Å². The second-order valence-electron chi connectivity index (χ2n) is 10.2. The van der Waals surface area contributed by atoms with Crippen LogP contribution >= 0.6 is 30.3 Å². The van der Waals surface area contributed by atoms with Crippen molar-refractivity contribution >= 4 is 52.7 Å². The minimum absolute atomic E-state index is 0.190. The van der Waals surface area contributed by atoms with Gasteiger partial charge in [0.15, 0.2) is 0 Å². The average molecular weight is 556 g/mol. The minimum Gasteiger partial charge on any atom is -0.481 e. The third kappa shape index (κ3) is 4.83. The Bertz CT molecular complexity index is 1590. The smallest absolute Gasteiger partial charge is 0.310 e. The number of carboxylic acids is 1. The number of hydrogen-bond acceptors (Lipinski definition) is 4. The van der Waals surface area contributed by atoms with Crippen LogP contribution in [0.4, 0.5) is 0 Å². The quantitative estimate of drug-likeness (QED) is 0.241. The van der Waals surface area contributed by atoms with Crippen molar-refractivity contribution < 1.29 is 14.5 Å². The van der Waals surface area contributed by atoms with Crippen molar-refractivity contribution in [1.29, 1.82) is 0 Å². The molecule has 0 amide bonds. The van der Waals surface area contributed by atoms with Gasteiger partial charge in [-0.15, -0.1) is 0 Å². The molecule has 2 aromatic heterocycles. The summed E-state index contributed by atoms with van der Waals surface area (Å²) in [6.07, 6.45) is 5.72. The number of hydrogen-bond donors (Lipinski definition) is 1. The number of pyridine rings is 1. The lowest BCUT2D eigenvalue weighted by Gasteiger charge is -2.20. The second-order valence-corrected chi connectivity index (χ2v) is 14.2. The molecule has 0 radical (unpaired) electrons. The van der Waals surface area contributed by atoms with Crippen LogP contribution in [0.1, 0.15) is 61.3 Å². The fourth-order valence-corrected chi connectivity index (χ4v) is 6.54. The van der Waals surface area contributed by atoms with E-state index in [1.54, 1.807) is 44.9 Å². The zero-order valence-electron chi connectivity index (χ0n) is 21.1. The van der Waals surface area contributed by atoms with Gasteiger partial charge in [-0.1, -0.05) is 41.4 Å². The third-order valence-electron chi connectivity index (χ3n) is 7.24. The maximum absolute atomic E-state index is 12.7. The zero-order valence-corrected chi connectivity index (χ0v) is 23.5. The van der Waals surface area contributed by atoms with E-state index >= 15 is 0 Å². The number of fused-ring (bicyclic) bond motifs is 1. The number of carbonyl (C=O) groups is 1. The third-order valence-corrected chi connectivity index (χ3v) is 9.51. The number of rotatable bonds is 7. The molecule has 5 rings (SSSR count). The lowest BCUT2D eigenvalue weighted by Crippen LogP contribution is -2.13. The topological polar surface area (TPSA) is 85.1 Å². The van der Waals surface area contributed by atoms with E-state index in [4.69, 9.17) is 23.2 Å². The van der Waals surface area contributed by atoms with E-state index < -0.39 is 19.0 Å². The number of halogens is 2. The van der Waals surface area contributed by atoms with Crippen LogP contribution in [-0.2, 0) is 9.36 Å². The molecule has 1 aliphatic rings. The summed E-state index contributed by atoms with van der Waals surface area (Å²) in [6, 6.07) is 11.0. The Morgan fingerprint density at radius 2 is 1.84 bits per heavy atom. The van der Waals surface area contributed by atoms with Crippen molar-refractivity contribution in [2.24, 2.45) is 0 Å². The van der Waals surface area contributed by atoms with Gasteiger partial charge in [-0.3, -0.25) is 9.78 Å². The molecule has 0 aliphatic heterocycles. The predicted molar refractivity (Wildman–Crippen MR) is 150 cm³/mol. The summed E-state index contributed by atoms with van der Waals surface area (Å²) in [6.45, 7) is 7.02. The van der Waals surface area contributed by atoms with Crippen LogP contribution in [0.5, 0.6) is 0 Å². The Balaban J connectivity index is 1.64. The molecular weight excluding hydrogens is 528 g/mol. The molecule has 1 fully saturated rings. The van der Waals surface area contributed by atoms with Gasteiger partial charge < -0.3 is 14.2 Å². The highest BCUT2D eigenvalue weighted by molar-refractivity contribution is 7.70. The fraction of sp³-hybridized carbons (Fsp3) is 0.321. The monoisotopic (exact) mass is 555 g/mol. The van der Waals surface area contributed by atoms with Crippen molar-refractivity contribution in [1.82, 2.24) is 14.5 Å². The van der Waals surface area contributed by atoms with Crippen molar-refractivity contribution in [3.63, 3.8) is 0 Å². The van der Waals surface area contributed by atoms with E-state index in [1.807, 2.05) is 35.8 Å². The van der Waals surface area contributed by atoms with Gasteiger partial charge in [0.25, 0.3) is 0 Å². The van der Waals surface area contributed by atoms with Gasteiger partial charge in [-0.05, 0) is 75.3 Å². The summed E-state index contributed by atoms with van der Waals surface area (Å²) in [7, 11) is -2.58. The first-order valence-corrected chi connectivity index (χ1v) is 15.6. The van der Waals surface area contributed by atoms with Crippen molar-refractivity contribution in [2.45, 2.75) is 44.6 Å². The summed E-state index contributed by atoms with van der Waals surface area (Å²) < 4.78 is 14.8. The largest absolute Gasteiger partial charge is 0.481 e. The lowest BCUT2D eigenvalue weighted by molar-refractivity contribution is -0.138. The van der Waals surface area contributed by atoms with Gasteiger partial charge in [-0.25, -0.2) is 4.98 Å². The summed E-state index contributed by atoms with van der Waals surface area (Å²) in [5, 5.41) is 11.7. The molecular formula is C28H28Cl2N3O3P. The van der Waals surface area contributed by atoms with Gasteiger partial charge in [-0.2, -0.15) is 0 Å². The molecule has 9 heteroatoms. The molecule has 2 atom stereocenters. The lowest BCUT2D eigenvalue weighted by atomic mass is 9.93. The van der Waals surface area contributed by atoms with Gasteiger partial charge >= 0.3 is 5.97 Å². The summed E-state index contributed by atoms with van der Waals surface area (Å²) in [5.41, 5.74) is 5.40. The van der Waals surface area contributed by atoms with Crippen LogP contribution in [0, 0.1) is 0 Å². The van der Waals surface area contributed by atoms with Crippen LogP contribution in [0.15, 0.2) is 48.9 Å². The van der Waals surface area contributed by atoms with Gasteiger partial charge in [0, 0.05) is 21.5 Å². The normalized spacial score (nSPS) is 15.6. The molecule has 1 unspecified atom stereocenters. The highest BCUT2D eigenvalue weighted by Crippen LogP contribution is 2.47. The highest BCUT2D eigenvalue weighted by atomic mass is 35.5. The van der Waals surface area contributed by atoms with E-state index in [9.17, 15) is 14.5 Å². The van der Waals surface area contributed by atoms with Crippen LogP contribution < -0.4 is 5.30 Å². The van der Waals surface area contributed by atoms with Crippen LogP contribution in [0.25, 0.3) is 22.3 Å². The SMILES string of the molecule is CC(C(=O)O)c1cc(P(C)(C)=O)ccc1-c1cc2c(cn1)ncn2[C@H](C)c1c(Cl)ccc(C2CC2)c1Cl. The zero-order chi connectivity index (χ0) is 26.6. The van der Waals surface area contributed by atoms with E-state index in [1.165, 1.54) is 0 Å². The number of carboxylic acid groups (broad SMARTS) is 1. The first kappa shape index (κ1) is 26.0. The molecule has 0 saturated heterocycles. The predicted octanol–water partition coefficient (Wildman–Crippen LogP) is 7.33. The number of imidazole rings is 1. The molecule has 0 spiro atoms. The molecule has 1 N–H and O–H groups in total. The number of benzene rings is 2. The van der Waals surface area contributed by atoms with Crippen molar-refractivity contribution in [2.75, 3.05) is 13.3 Å². The molecule has 192 valence electrons. The van der Waals surface area contributed by atoms with E-state index in [0.717, 1.165) is 29.5 Å². The van der Waals surface area contributed by atoms with Crippen molar-refractivity contribution in [3.05, 3.63) is 75.7 Å². The first-order valence-electron chi connectivity index (χ1n) is 12.2.